The molecule has 1 saturated heterocycles. The first-order valence-corrected chi connectivity index (χ1v) is 7.70. The number of nitrogens with one attached hydrogen (secondary N) is 2. The largest absolute Gasteiger partial charge is 0.378 e. The molecule has 0 atom stereocenters. The normalized spacial score (nSPS) is 16.4. The van der Waals surface area contributed by atoms with Crippen LogP contribution in [0, 0.1) is 0 Å². The van der Waals surface area contributed by atoms with E-state index in [1.807, 2.05) is 5.38 Å². The van der Waals surface area contributed by atoms with E-state index in [1.54, 1.807) is 17.5 Å². The maximum atomic E-state index is 11.6. The van der Waals surface area contributed by atoms with Crippen molar-refractivity contribution in [1.82, 2.24) is 15.6 Å². The molecular weight excluding hydrogens is 262 g/mol. The highest BCUT2D eigenvalue weighted by atomic mass is 32.1. The lowest BCUT2D eigenvalue weighted by Crippen LogP contribution is -2.33. The number of carbonyl (C=O) groups is 1. The number of hydrogen-bond donors (Lipinski definition) is 2. The molecule has 2 N–H and O–H groups in total. The first-order valence-electron chi connectivity index (χ1n) is 6.82. The zero-order chi connectivity index (χ0) is 13.3. The van der Waals surface area contributed by atoms with E-state index >= 15 is 0 Å². The zero-order valence-corrected chi connectivity index (χ0v) is 11.9. The van der Waals surface area contributed by atoms with Crippen molar-refractivity contribution in [2.75, 3.05) is 26.2 Å². The van der Waals surface area contributed by atoms with Crippen LogP contribution in [0.3, 0.4) is 0 Å². The van der Waals surface area contributed by atoms with Crippen LogP contribution in [-0.2, 0) is 16.0 Å². The summed E-state index contributed by atoms with van der Waals surface area (Å²) in [6, 6.07) is 0. The van der Waals surface area contributed by atoms with E-state index in [4.69, 9.17) is 4.74 Å². The Morgan fingerprint density at radius 1 is 1.53 bits per heavy atom. The minimum atomic E-state index is 0.0606. The molecule has 0 saturated carbocycles. The lowest BCUT2D eigenvalue weighted by Gasteiger charge is -2.22. The summed E-state index contributed by atoms with van der Waals surface area (Å²) in [5.41, 5.74) is 0. The molecule has 19 heavy (non-hydrogen) atoms. The predicted molar refractivity (Wildman–Crippen MR) is 75.3 cm³/mol. The van der Waals surface area contributed by atoms with Crippen LogP contribution >= 0.6 is 11.3 Å². The van der Waals surface area contributed by atoms with Crippen molar-refractivity contribution in [1.29, 1.82) is 0 Å². The van der Waals surface area contributed by atoms with Gasteiger partial charge in [-0.2, -0.15) is 0 Å². The molecule has 2 rings (SSSR count). The van der Waals surface area contributed by atoms with Crippen molar-refractivity contribution in [3.05, 3.63) is 16.6 Å². The Kier molecular flexibility index (Phi) is 6.26. The van der Waals surface area contributed by atoms with Gasteiger partial charge in [0, 0.05) is 31.0 Å². The number of nitrogens with zero attached hydrogens (tertiary/aromatic N) is 1. The molecule has 1 amide bonds. The third-order valence-electron chi connectivity index (χ3n) is 3.11. The maximum Gasteiger partial charge on any atom is 0.222 e. The van der Waals surface area contributed by atoms with Gasteiger partial charge in [0.15, 0.2) is 0 Å². The number of hydrogen-bond acceptors (Lipinski definition) is 5. The first-order chi connectivity index (χ1) is 9.34. The number of carbonyl (C=O) groups excluding carboxylic acids is 1. The second kappa shape index (κ2) is 8.24. The van der Waals surface area contributed by atoms with Crippen molar-refractivity contribution in [2.45, 2.75) is 31.8 Å². The van der Waals surface area contributed by atoms with Crippen LogP contribution < -0.4 is 10.6 Å². The smallest absolute Gasteiger partial charge is 0.222 e. The van der Waals surface area contributed by atoms with Gasteiger partial charge in [0.1, 0.15) is 0 Å². The quantitative estimate of drug-likeness (QED) is 0.782. The zero-order valence-electron chi connectivity index (χ0n) is 11.1. The van der Waals surface area contributed by atoms with Crippen LogP contribution in [0.25, 0.3) is 0 Å². The minimum Gasteiger partial charge on any atom is -0.378 e. The summed E-state index contributed by atoms with van der Waals surface area (Å²) in [5.74, 6) is 0.0606. The first kappa shape index (κ1) is 14.4. The highest BCUT2D eigenvalue weighted by Crippen LogP contribution is 2.07. The second-order valence-corrected chi connectivity index (χ2v) is 5.58. The van der Waals surface area contributed by atoms with Crippen molar-refractivity contribution >= 4 is 17.2 Å². The van der Waals surface area contributed by atoms with E-state index < -0.39 is 0 Å². The molecule has 1 aliphatic heterocycles. The molecule has 0 aromatic carbocycles. The Morgan fingerprint density at radius 2 is 2.37 bits per heavy atom. The van der Waals surface area contributed by atoms with Crippen molar-refractivity contribution < 1.29 is 9.53 Å². The van der Waals surface area contributed by atoms with Crippen molar-refractivity contribution in [2.24, 2.45) is 0 Å². The molecule has 0 spiro atoms. The van der Waals surface area contributed by atoms with E-state index in [2.05, 4.69) is 15.6 Å². The van der Waals surface area contributed by atoms with E-state index in [-0.39, 0.29) is 5.91 Å². The number of piperidine rings is 1. The van der Waals surface area contributed by atoms with Gasteiger partial charge in [-0.15, -0.1) is 11.3 Å². The van der Waals surface area contributed by atoms with E-state index in [0.29, 0.717) is 25.7 Å². The Labute approximate surface area is 117 Å². The number of aromatic nitrogens is 1. The van der Waals surface area contributed by atoms with Gasteiger partial charge in [-0.3, -0.25) is 4.79 Å². The lowest BCUT2D eigenvalue weighted by molar-refractivity contribution is -0.122. The van der Waals surface area contributed by atoms with Gasteiger partial charge in [0.05, 0.1) is 17.7 Å². The minimum absolute atomic E-state index is 0.0606. The monoisotopic (exact) mass is 283 g/mol. The van der Waals surface area contributed by atoms with Gasteiger partial charge < -0.3 is 15.4 Å². The van der Waals surface area contributed by atoms with Crippen LogP contribution in [0.5, 0.6) is 0 Å². The van der Waals surface area contributed by atoms with Gasteiger partial charge in [0.25, 0.3) is 0 Å². The molecule has 1 aromatic heterocycles. The molecular formula is C13H21N3O2S. The summed E-state index contributed by atoms with van der Waals surface area (Å²) >= 11 is 1.62. The van der Waals surface area contributed by atoms with Crippen molar-refractivity contribution in [3.63, 3.8) is 0 Å². The molecule has 0 bridgehead atoms. The number of rotatable bonds is 7. The van der Waals surface area contributed by atoms with Crippen LogP contribution in [-0.4, -0.2) is 43.2 Å². The molecule has 0 unspecified atom stereocenters. The van der Waals surface area contributed by atoms with Gasteiger partial charge in [-0.25, -0.2) is 4.98 Å². The molecule has 106 valence electrons. The van der Waals surface area contributed by atoms with E-state index in [9.17, 15) is 4.79 Å². The summed E-state index contributed by atoms with van der Waals surface area (Å²) in [5, 5.41) is 9.19. The Balaban J connectivity index is 1.49. The fraction of sp³-hybridized carbons (Fsp3) is 0.692. The number of ether oxygens (including phenoxy) is 1. The fourth-order valence-electron chi connectivity index (χ4n) is 2.05. The molecule has 6 heteroatoms. The molecule has 0 radical (unpaired) electrons. The Morgan fingerprint density at radius 3 is 3.11 bits per heavy atom. The predicted octanol–water partition coefficient (Wildman–Crippen LogP) is 0.961. The van der Waals surface area contributed by atoms with Gasteiger partial charge in [-0.05, 0) is 25.9 Å². The third-order valence-corrected chi connectivity index (χ3v) is 3.95. The van der Waals surface area contributed by atoms with Gasteiger partial charge >= 0.3 is 0 Å². The topological polar surface area (TPSA) is 63.2 Å². The summed E-state index contributed by atoms with van der Waals surface area (Å²) in [7, 11) is 0. The highest BCUT2D eigenvalue weighted by molar-refractivity contribution is 7.09. The van der Waals surface area contributed by atoms with Crippen LogP contribution in [0.4, 0.5) is 0 Å². The Hall–Kier alpha value is -0.980. The van der Waals surface area contributed by atoms with Crippen LogP contribution in [0.2, 0.25) is 0 Å². The lowest BCUT2D eigenvalue weighted by atomic mass is 10.1. The molecule has 2 heterocycles. The number of thiazole rings is 1. The van der Waals surface area contributed by atoms with E-state index in [1.165, 1.54) is 0 Å². The van der Waals surface area contributed by atoms with Crippen LogP contribution in [0.15, 0.2) is 11.6 Å². The van der Waals surface area contributed by atoms with Gasteiger partial charge in [0.2, 0.25) is 5.91 Å². The summed E-state index contributed by atoms with van der Waals surface area (Å²) in [4.78, 5) is 15.8. The average molecular weight is 283 g/mol. The fourth-order valence-corrected chi connectivity index (χ4v) is 2.67. The highest BCUT2D eigenvalue weighted by Gasteiger charge is 2.13. The molecule has 5 nitrogen and oxygen atoms in total. The molecule has 1 aliphatic rings. The third kappa shape index (κ3) is 5.67. The summed E-state index contributed by atoms with van der Waals surface area (Å²) < 4.78 is 5.69. The van der Waals surface area contributed by atoms with E-state index in [0.717, 1.165) is 37.4 Å². The van der Waals surface area contributed by atoms with Gasteiger partial charge in [-0.1, -0.05) is 0 Å². The number of amides is 1. The second-order valence-electron chi connectivity index (χ2n) is 4.60. The summed E-state index contributed by atoms with van der Waals surface area (Å²) in [6.07, 6.45) is 5.45. The SMILES string of the molecule is O=C(CCOC1CCNCC1)NCCc1nccs1. The van der Waals surface area contributed by atoms with Crippen molar-refractivity contribution in [3.8, 4) is 0 Å². The maximum absolute atomic E-state index is 11.6. The Bertz CT molecular complexity index is 364. The molecule has 1 fully saturated rings. The average Bonchev–Trinajstić information content (AvgIpc) is 2.93. The van der Waals surface area contributed by atoms with Crippen LogP contribution in [0.1, 0.15) is 24.3 Å². The summed E-state index contributed by atoms with van der Waals surface area (Å²) in [6.45, 7) is 3.21. The standard InChI is InChI=1S/C13H21N3O2S/c17-12(15-7-3-13-16-8-10-19-13)4-9-18-11-1-5-14-6-2-11/h8,10-11,14H,1-7,9H2,(H,15,17). The molecule has 1 aromatic rings. The molecule has 0 aliphatic carbocycles.